The van der Waals surface area contributed by atoms with Crippen molar-refractivity contribution in [2.24, 2.45) is 0 Å². The van der Waals surface area contributed by atoms with Crippen LogP contribution in [0.3, 0.4) is 0 Å². The Hall–Kier alpha value is -1.32. The highest BCUT2D eigenvalue weighted by atomic mass is 35.5. The van der Waals surface area contributed by atoms with Crippen molar-refractivity contribution >= 4 is 18.4 Å². The van der Waals surface area contributed by atoms with E-state index in [0.29, 0.717) is 13.0 Å². The molecular weight excluding hydrogens is 238 g/mol. The fourth-order valence-electron chi connectivity index (χ4n) is 1.49. The summed E-state index contributed by atoms with van der Waals surface area (Å²) in [7, 11) is 0. The molecule has 2 N–H and O–H groups in total. The van der Waals surface area contributed by atoms with Gasteiger partial charge in [0.15, 0.2) is 0 Å². The number of carboxylic acids is 1. The van der Waals surface area contributed by atoms with Crippen LogP contribution in [0.2, 0.25) is 0 Å². The van der Waals surface area contributed by atoms with Crippen molar-refractivity contribution in [3.63, 3.8) is 0 Å². The number of nitrogens with one attached hydrogen (secondary N) is 1. The van der Waals surface area contributed by atoms with Crippen LogP contribution in [0.4, 0.5) is 0 Å². The first-order valence-electron chi connectivity index (χ1n) is 5.35. The van der Waals surface area contributed by atoms with Crippen LogP contribution in [0, 0.1) is 0 Å². The summed E-state index contributed by atoms with van der Waals surface area (Å²) in [6, 6.07) is 9.38. The predicted molar refractivity (Wildman–Crippen MR) is 71.6 cm³/mol. The van der Waals surface area contributed by atoms with E-state index in [0.717, 1.165) is 12.0 Å². The average Bonchev–Trinajstić information content (AvgIpc) is 2.30. The van der Waals surface area contributed by atoms with E-state index in [-0.39, 0.29) is 12.4 Å². The average molecular weight is 256 g/mol. The molecule has 0 radical (unpaired) electrons. The number of hydrogen-bond donors (Lipinski definition) is 2. The summed E-state index contributed by atoms with van der Waals surface area (Å²) in [6.45, 7) is 4.07. The van der Waals surface area contributed by atoms with Gasteiger partial charge in [-0.3, -0.25) is 4.79 Å². The lowest BCUT2D eigenvalue weighted by Gasteiger charge is -2.12. The second-order valence-electron chi connectivity index (χ2n) is 3.61. The molecular formula is C13H18ClNO2. The van der Waals surface area contributed by atoms with E-state index in [2.05, 4.69) is 11.9 Å². The van der Waals surface area contributed by atoms with E-state index < -0.39 is 12.0 Å². The first kappa shape index (κ1) is 15.7. The number of aliphatic carboxylic acids is 1. The molecule has 0 fully saturated rings. The maximum absolute atomic E-state index is 10.9. The molecule has 17 heavy (non-hydrogen) atoms. The number of carbonyl (C=O) groups is 1. The second-order valence-corrected chi connectivity index (χ2v) is 3.61. The van der Waals surface area contributed by atoms with Crippen molar-refractivity contribution in [3.05, 3.63) is 48.6 Å². The van der Waals surface area contributed by atoms with Crippen LogP contribution in [0.25, 0.3) is 0 Å². The van der Waals surface area contributed by atoms with E-state index in [4.69, 9.17) is 5.11 Å². The third-order valence-corrected chi connectivity index (χ3v) is 2.37. The van der Waals surface area contributed by atoms with Gasteiger partial charge in [-0.1, -0.05) is 36.4 Å². The second kappa shape index (κ2) is 8.79. The predicted octanol–water partition coefficient (Wildman–Crippen LogP) is 2.27. The standard InChI is InChI=1S/C13H17NO2.ClH/c1-2-10-14-12(13(15)16)9-8-11-6-4-3-5-7-11;/h2-7,12,14H,1,8-10H2,(H,15,16);1H. The quantitative estimate of drug-likeness (QED) is 0.735. The molecule has 0 spiro atoms. The Morgan fingerprint density at radius 1 is 1.41 bits per heavy atom. The van der Waals surface area contributed by atoms with Crippen LogP contribution in [-0.4, -0.2) is 23.7 Å². The minimum absolute atomic E-state index is 0. The third-order valence-electron chi connectivity index (χ3n) is 2.37. The van der Waals surface area contributed by atoms with E-state index in [1.165, 1.54) is 0 Å². The largest absolute Gasteiger partial charge is 0.480 e. The van der Waals surface area contributed by atoms with E-state index >= 15 is 0 Å². The van der Waals surface area contributed by atoms with Crippen molar-refractivity contribution in [3.8, 4) is 0 Å². The van der Waals surface area contributed by atoms with Gasteiger partial charge >= 0.3 is 5.97 Å². The fraction of sp³-hybridized carbons (Fsp3) is 0.308. The van der Waals surface area contributed by atoms with Crippen LogP contribution >= 0.6 is 12.4 Å². The molecule has 0 bridgehead atoms. The molecule has 1 unspecified atom stereocenters. The Kier molecular flexibility index (Phi) is 8.11. The lowest BCUT2D eigenvalue weighted by Crippen LogP contribution is -2.37. The number of carboxylic acid groups (broad SMARTS) is 1. The van der Waals surface area contributed by atoms with Crippen molar-refractivity contribution in [2.75, 3.05) is 6.54 Å². The molecule has 94 valence electrons. The minimum Gasteiger partial charge on any atom is -0.480 e. The van der Waals surface area contributed by atoms with Gasteiger partial charge in [-0.05, 0) is 18.4 Å². The van der Waals surface area contributed by atoms with Crippen LogP contribution in [0.1, 0.15) is 12.0 Å². The number of benzene rings is 1. The van der Waals surface area contributed by atoms with Gasteiger partial charge < -0.3 is 10.4 Å². The molecule has 1 atom stereocenters. The molecule has 0 aliphatic heterocycles. The molecule has 3 nitrogen and oxygen atoms in total. The highest BCUT2D eigenvalue weighted by Gasteiger charge is 2.15. The number of hydrogen-bond acceptors (Lipinski definition) is 2. The molecule has 1 aromatic rings. The van der Waals surface area contributed by atoms with Crippen LogP contribution in [-0.2, 0) is 11.2 Å². The molecule has 0 heterocycles. The Balaban J connectivity index is 0.00000256. The molecule has 0 aliphatic rings. The highest BCUT2D eigenvalue weighted by Crippen LogP contribution is 2.05. The third kappa shape index (κ3) is 6.09. The molecule has 4 heteroatoms. The fourth-order valence-corrected chi connectivity index (χ4v) is 1.49. The number of rotatable bonds is 7. The SMILES string of the molecule is C=CCNC(CCc1ccccc1)C(=O)O.Cl. The molecule has 0 aliphatic carbocycles. The van der Waals surface area contributed by atoms with Gasteiger partial charge in [-0.15, -0.1) is 19.0 Å². The Morgan fingerprint density at radius 3 is 2.59 bits per heavy atom. The Labute approximate surface area is 108 Å². The van der Waals surface area contributed by atoms with Crippen molar-refractivity contribution in [1.82, 2.24) is 5.32 Å². The lowest BCUT2D eigenvalue weighted by atomic mass is 10.1. The van der Waals surface area contributed by atoms with Gasteiger partial charge in [0.05, 0.1) is 0 Å². The molecule has 0 amide bonds. The van der Waals surface area contributed by atoms with Gasteiger partial charge in [0.1, 0.15) is 6.04 Å². The van der Waals surface area contributed by atoms with Gasteiger partial charge in [0.25, 0.3) is 0 Å². The maximum atomic E-state index is 10.9. The zero-order chi connectivity index (χ0) is 11.8. The zero-order valence-corrected chi connectivity index (χ0v) is 10.5. The van der Waals surface area contributed by atoms with Crippen molar-refractivity contribution in [1.29, 1.82) is 0 Å². The lowest BCUT2D eigenvalue weighted by molar-refractivity contribution is -0.139. The summed E-state index contributed by atoms with van der Waals surface area (Å²) in [5.74, 6) is -0.808. The summed E-state index contributed by atoms with van der Waals surface area (Å²) < 4.78 is 0. The van der Waals surface area contributed by atoms with Crippen LogP contribution in [0.5, 0.6) is 0 Å². The van der Waals surface area contributed by atoms with Gasteiger partial charge in [-0.25, -0.2) is 0 Å². The minimum atomic E-state index is -0.808. The smallest absolute Gasteiger partial charge is 0.320 e. The summed E-state index contributed by atoms with van der Waals surface area (Å²) in [5.41, 5.74) is 1.16. The zero-order valence-electron chi connectivity index (χ0n) is 9.63. The monoisotopic (exact) mass is 255 g/mol. The molecule has 0 saturated carbocycles. The van der Waals surface area contributed by atoms with E-state index in [1.807, 2.05) is 30.3 Å². The number of aryl methyl sites for hydroxylation is 1. The molecule has 0 saturated heterocycles. The van der Waals surface area contributed by atoms with E-state index in [1.54, 1.807) is 6.08 Å². The van der Waals surface area contributed by atoms with Gasteiger partial charge in [0, 0.05) is 6.54 Å². The molecule has 0 aromatic heterocycles. The summed E-state index contributed by atoms with van der Waals surface area (Å²) in [4.78, 5) is 10.9. The summed E-state index contributed by atoms with van der Waals surface area (Å²) >= 11 is 0. The van der Waals surface area contributed by atoms with E-state index in [9.17, 15) is 4.79 Å². The highest BCUT2D eigenvalue weighted by molar-refractivity contribution is 5.85. The van der Waals surface area contributed by atoms with Gasteiger partial charge in [-0.2, -0.15) is 0 Å². The Morgan fingerprint density at radius 2 is 2.06 bits per heavy atom. The van der Waals surface area contributed by atoms with Gasteiger partial charge in [0.2, 0.25) is 0 Å². The number of halogens is 1. The topological polar surface area (TPSA) is 49.3 Å². The van der Waals surface area contributed by atoms with Crippen LogP contribution < -0.4 is 5.32 Å². The first-order valence-corrected chi connectivity index (χ1v) is 5.35. The Bertz CT molecular complexity index is 341. The van der Waals surface area contributed by atoms with Crippen LogP contribution in [0.15, 0.2) is 43.0 Å². The maximum Gasteiger partial charge on any atom is 0.320 e. The molecule has 1 rings (SSSR count). The molecule has 1 aromatic carbocycles. The normalized spacial score (nSPS) is 11.3. The first-order chi connectivity index (χ1) is 7.74. The van der Waals surface area contributed by atoms with Crippen molar-refractivity contribution in [2.45, 2.75) is 18.9 Å². The van der Waals surface area contributed by atoms with Crippen molar-refractivity contribution < 1.29 is 9.90 Å². The summed E-state index contributed by atoms with van der Waals surface area (Å²) in [5, 5.41) is 11.9. The summed E-state index contributed by atoms with van der Waals surface area (Å²) in [6.07, 6.45) is 3.02.